The van der Waals surface area contributed by atoms with Crippen LogP contribution in [-0.4, -0.2) is 43.9 Å². The third-order valence-electron chi connectivity index (χ3n) is 6.24. The lowest BCUT2D eigenvalue weighted by Gasteiger charge is -2.15. The maximum atomic E-state index is 13.5. The Kier molecular flexibility index (Phi) is 7.09. The Morgan fingerprint density at radius 3 is 2.36 bits per heavy atom. The molecule has 0 saturated heterocycles. The Labute approximate surface area is 223 Å². The lowest BCUT2D eigenvalue weighted by molar-refractivity contribution is -0.116. The molecule has 1 aliphatic heterocycles. The zero-order chi connectivity index (χ0) is 27.5. The first-order valence-corrected chi connectivity index (χ1v) is 12.2. The van der Waals surface area contributed by atoms with Gasteiger partial charge in [0.15, 0.2) is 17.3 Å². The zero-order valence-electron chi connectivity index (χ0n) is 21.6. The van der Waals surface area contributed by atoms with Crippen molar-refractivity contribution in [1.29, 1.82) is 0 Å². The third-order valence-corrected chi connectivity index (χ3v) is 6.24. The monoisotopic (exact) mass is 530 g/mol. The van der Waals surface area contributed by atoms with E-state index in [0.29, 0.717) is 52.1 Å². The van der Waals surface area contributed by atoms with Crippen molar-refractivity contribution in [2.45, 2.75) is 13.5 Å². The van der Waals surface area contributed by atoms with Crippen LogP contribution in [0.25, 0.3) is 10.9 Å². The molecule has 10 nitrogen and oxygen atoms in total. The van der Waals surface area contributed by atoms with Crippen LogP contribution in [0, 0.1) is 0 Å². The quantitative estimate of drug-likeness (QED) is 0.323. The summed E-state index contributed by atoms with van der Waals surface area (Å²) >= 11 is 0. The minimum absolute atomic E-state index is 0.00949. The van der Waals surface area contributed by atoms with Crippen LogP contribution in [0.4, 0.5) is 5.69 Å². The molecule has 0 unspecified atom stereocenters. The molecule has 1 aliphatic rings. The third kappa shape index (κ3) is 5.08. The topological polar surface area (TPSA) is 114 Å². The number of benzene rings is 3. The second-order valence-electron chi connectivity index (χ2n) is 8.62. The molecule has 0 spiro atoms. The van der Waals surface area contributed by atoms with Gasteiger partial charge in [-0.05, 0) is 49.4 Å². The molecule has 0 radical (unpaired) electrons. The van der Waals surface area contributed by atoms with Crippen molar-refractivity contribution >= 4 is 28.3 Å². The van der Waals surface area contributed by atoms with E-state index >= 15 is 0 Å². The number of amides is 1. The summed E-state index contributed by atoms with van der Waals surface area (Å²) in [4.78, 5) is 40.1. The predicted molar refractivity (Wildman–Crippen MR) is 144 cm³/mol. The first kappa shape index (κ1) is 25.7. The molecule has 0 atom stereocenters. The van der Waals surface area contributed by atoms with Crippen molar-refractivity contribution in [2.24, 2.45) is 0 Å². The molecule has 3 aromatic carbocycles. The van der Waals surface area contributed by atoms with Crippen molar-refractivity contribution < 1.29 is 33.3 Å². The number of pyridine rings is 1. The Morgan fingerprint density at radius 1 is 0.949 bits per heavy atom. The number of carbonyl (C=O) groups excluding carboxylic acids is 2. The van der Waals surface area contributed by atoms with Gasteiger partial charge in [0, 0.05) is 23.9 Å². The molecule has 1 N–H and O–H groups in total. The largest absolute Gasteiger partial charge is 0.497 e. The summed E-state index contributed by atoms with van der Waals surface area (Å²) in [6.07, 6.45) is 1.40. The van der Waals surface area contributed by atoms with Crippen LogP contribution < -0.4 is 34.4 Å². The summed E-state index contributed by atoms with van der Waals surface area (Å²) in [5.74, 6) is 1.56. The van der Waals surface area contributed by atoms with Crippen LogP contribution in [-0.2, 0) is 11.3 Å². The second-order valence-corrected chi connectivity index (χ2v) is 8.62. The number of hydrogen-bond acceptors (Lipinski definition) is 8. The summed E-state index contributed by atoms with van der Waals surface area (Å²) in [7, 11) is 3.02. The normalized spacial score (nSPS) is 11.8. The van der Waals surface area contributed by atoms with Crippen LogP contribution in [0.2, 0.25) is 0 Å². The van der Waals surface area contributed by atoms with E-state index in [1.807, 2.05) is 6.92 Å². The lowest BCUT2D eigenvalue weighted by Crippen LogP contribution is -2.24. The fraction of sp³-hybridized carbons (Fsp3) is 0.207. The summed E-state index contributed by atoms with van der Waals surface area (Å²) in [6.45, 7) is 2.16. The Morgan fingerprint density at radius 2 is 1.67 bits per heavy atom. The van der Waals surface area contributed by atoms with E-state index in [4.69, 9.17) is 23.7 Å². The van der Waals surface area contributed by atoms with Crippen molar-refractivity contribution in [2.75, 3.05) is 32.9 Å². The maximum Gasteiger partial charge on any atom is 0.244 e. The number of nitrogens with one attached hydrogen (secondary N) is 1. The molecule has 200 valence electrons. The molecule has 0 aliphatic carbocycles. The SMILES string of the molecule is CCOc1ccc(C(=O)c2cn(CC(=O)Nc3ccc(OC)cc3OC)c3cc4c(cc3c2=O)OCO4)cc1. The van der Waals surface area contributed by atoms with Gasteiger partial charge in [0.2, 0.25) is 18.1 Å². The van der Waals surface area contributed by atoms with Gasteiger partial charge in [-0.25, -0.2) is 0 Å². The fourth-order valence-electron chi connectivity index (χ4n) is 4.34. The zero-order valence-corrected chi connectivity index (χ0v) is 21.6. The molecular formula is C29H26N2O8. The van der Waals surface area contributed by atoms with Gasteiger partial charge in [0.05, 0.1) is 43.0 Å². The summed E-state index contributed by atoms with van der Waals surface area (Å²) in [5.41, 5.74) is 0.618. The number of rotatable bonds is 9. The average Bonchev–Trinajstić information content (AvgIpc) is 3.42. The fourth-order valence-corrected chi connectivity index (χ4v) is 4.34. The Hall–Kier alpha value is -4.99. The maximum absolute atomic E-state index is 13.5. The van der Waals surface area contributed by atoms with Crippen molar-refractivity contribution in [3.63, 3.8) is 0 Å². The summed E-state index contributed by atoms with van der Waals surface area (Å²) < 4.78 is 28.5. The first-order chi connectivity index (χ1) is 18.9. The molecule has 0 fully saturated rings. The number of ether oxygens (including phenoxy) is 5. The van der Waals surface area contributed by atoms with Crippen LogP contribution in [0.3, 0.4) is 0 Å². The molecule has 1 amide bonds. The number of anilines is 1. The van der Waals surface area contributed by atoms with E-state index in [0.717, 1.165) is 0 Å². The van der Waals surface area contributed by atoms with Crippen LogP contribution in [0.5, 0.6) is 28.7 Å². The first-order valence-electron chi connectivity index (χ1n) is 12.2. The molecule has 1 aromatic heterocycles. The van der Waals surface area contributed by atoms with Gasteiger partial charge in [0.25, 0.3) is 0 Å². The molecule has 0 bridgehead atoms. The second kappa shape index (κ2) is 10.8. The van der Waals surface area contributed by atoms with Crippen LogP contribution in [0.1, 0.15) is 22.8 Å². The van der Waals surface area contributed by atoms with Crippen LogP contribution >= 0.6 is 0 Å². The number of aromatic nitrogens is 1. The molecule has 2 heterocycles. The number of hydrogen-bond donors (Lipinski definition) is 1. The summed E-state index contributed by atoms with van der Waals surface area (Å²) in [6, 6.07) is 14.7. The van der Waals surface area contributed by atoms with Crippen molar-refractivity contribution in [3.8, 4) is 28.7 Å². The minimum atomic E-state index is -0.478. The highest BCUT2D eigenvalue weighted by atomic mass is 16.7. The number of methoxy groups -OCH3 is 2. The van der Waals surface area contributed by atoms with Gasteiger partial charge in [-0.15, -0.1) is 0 Å². The van der Waals surface area contributed by atoms with Gasteiger partial charge < -0.3 is 33.6 Å². The van der Waals surface area contributed by atoms with E-state index in [2.05, 4.69) is 5.32 Å². The Bertz CT molecular complexity index is 1630. The van der Waals surface area contributed by atoms with E-state index in [1.165, 1.54) is 26.5 Å². The predicted octanol–water partition coefficient (Wildman–Crippen LogP) is 4.02. The van der Waals surface area contributed by atoms with E-state index in [-0.39, 0.29) is 24.3 Å². The van der Waals surface area contributed by atoms with Gasteiger partial charge >= 0.3 is 0 Å². The lowest BCUT2D eigenvalue weighted by atomic mass is 10.0. The molecule has 4 aromatic rings. The number of fused-ring (bicyclic) bond motifs is 2. The molecule has 0 saturated carbocycles. The van der Waals surface area contributed by atoms with Gasteiger partial charge in [-0.1, -0.05) is 0 Å². The Balaban J connectivity index is 1.54. The molecule has 39 heavy (non-hydrogen) atoms. The van der Waals surface area contributed by atoms with Gasteiger partial charge in [0.1, 0.15) is 23.8 Å². The number of ketones is 1. The average molecular weight is 531 g/mol. The van der Waals surface area contributed by atoms with E-state index in [1.54, 1.807) is 53.1 Å². The molecule has 10 heteroatoms. The summed E-state index contributed by atoms with van der Waals surface area (Å²) in [5, 5.41) is 3.05. The minimum Gasteiger partial charge on any atom is -0.497 e. The number of nitrogens with zero attached hydrogens (tertiary/aromatic N) is 1. The van der Waals surface area contributed by atoms with Crippen LogP contribution in [0.15, 0.2) is 65.6 Å². The highest BCUT2D eigenvalue weighted by Crippen LogP contribution is 2.35. The molecular weight excluding hydrogens is 504 g/mol. The van der Waals surface area contributed by atoms with E-state index in [9.17, 15) is 14.4 Å². The van der Waals surface area contributed by atoms with Gasteiger partial charge in [-0.3, -0.25) is 14.4 Å². The highest BCUT2D eigenvalue weighted by Gasteiger charge is 2.23. The number of carbonyl (C=O) groups is 2. The van der Waals surface area contributed by atoms with E-state index < -0.39 is 17.1 Å². The van der Waals surface area contributed by atoms with Crippen molar-refractivity contribution in [3.05, 3.63) is 82.1 Å². The molecule has 5 rings (SSSR count). The standard InChI is InChI=1S/C29H26N2O8/c1-4-37-18-7-5-17(6-8-18)28(33)21-14-31(23-13-26-25(38-16-39-26)12-20(23)29(21)34)15-27(32)30-22-10-9-19(35-2)11-24(22)36-3/h5-14H,4,15-16H2,1-3H3,(H,30,32). The highest BCUT2D eigenvalue weighted by molar-refractivity contribution is 6.10. The van der Waals surface area contributed by atoms with Crippen molar-refractivity contribution in [1.82, 2.24) is 4.57 Å². The smallest absolute Gasteiger partial charge is 0.244 e. The van der Waals surface area contributed by atoms with Gasteiger partial charge in [-0.2, -0.15) is 0 Å².